The van der Waals surface area contributed by atoms with Crippen molar-refractivity contribution in [3.05, 3.63) is 89.2 Å². The molecule has 186 valence electrons. The highest BCUT2D eigenvalue weighted by atomic mass is 16.5. The second-order valence-corrected chi connectivity index (χ2v) is 9.68. The van der Waals surface area contributed by atoms with E-state index in [9.17, 15) is 9.90 Å². The van der Waals surface area contributed by atoms with Gasteiger partial charge in [0.15, 0.2) is 0 Å². The van der Waals surface area contributed by atoms with Gasteiger partial charge in [0, 0.05) is 24.6 Å². The van der Waals surface area contributed by atoms with Gasteiger partial charge in [-0.15, -0.1) is 0 Å². The molecule has 2 atom stereocenters. The van der Waals surface area contributed by atoms with Gasteiger partial charge in [-0.05, 0) is 61.2 Å². The number of para-hydroxylation sites is 3. The molecule has 0 aliphatic carbocycles. The number of carbonyl (C=O) groups is 1. The van der Waals surface area contributed by atoms with E-state index in [-0.39, 0.29) is 18.4 Å². The molecule has 1 aliphatic rings. The Balaban J connectivity index is 1.38. The summed E-state index contributed by atoms with van der Waals surface area (Å²) in [6, 6.07) is 22.2. The number of fused-ring (bicyclic) bond motifs is 1. The van der Waals surface area contributed by atoms with Crippen molar-refractivity contribution in [3.8, 4) is 5.75 Å². The maximum atomic E-state index is 13.0. The Morgan fingerprint density at radius 1 is 1.03 bits per heavy atom. The minimum absolute atomic E-state index is 0.0533. The van der Waals surface area contributed by atoms with E-state index in [0.29, 0.717) is 19.5 Å². The highest BCUT2D eigenvalue weighted by Gasteiger charge is 2.35. The van der Waals surface area contributed by atoms with Crippen LogP contribution < -0.4 is 9.64 Å². The summed E-state index contributed by atoms with van der Waals surface area (Å²) in [7, 11) is 0. The van der Waals surface area contributed by atoms with Crippen LogP contribution in [0.2, 0.25) is 0 Å². The first kappa shape index (κ1) is 24.1. The van der Waals surface area contributed by atoms with Crippen molar-refractivity contribution in [3.63, 3.8) is 0 Å². The summed E-state index contributed by atoms with van der Waals surface area (Å²) in [6.45, 7) is 7.23. The number of amides is 1. The van der Waals surface area contributed by atoms with E-state index in [2.05, 4.69) is 23.6 Å². The van der Waals surface area contributed by atoms with Crippen LogP contribution >= 0.6 is 0 Å². The van der Waals surface area contributed by atoms with Crippen molar-refractivity contribution >= 4 is 22.6 Å². The summed E-state index contributed by atoms with van der Waals surface area (Å²) in [6.07, 6.45) is 0.639. The van der Waals surface area contributed by atoms with Crippen molar-refractivity contribution in [2.24, 2.45) is 0 Å². The predicted molar refractivity (Wildman–Crippen MR) is 143 cm³/mol. The fraction of sp³-hybridized carbons (Fsp3) is 0.333. The molecule has 1 aliphatic heterocycles. The fourth-order valence-electron chi connectivity index (χ4n) is 5.11. The van der Waals surface area contributed by atoms with E-state index in [0.717, 1.165) is 45.8 Å². The average Bonchev–Trinajstić information content (AvgIpc) is 3.44. The molecule has 6 heteroatoms. The van der Waals surface area contributed by atoms with Crippen molar-refractivity contribution in [2.45, 2.75) is 52.2 Å². The zero-order valence-electron chi connectivity index (χ0n) is 21.1. The van der Waals surface area contributed by atoms with Crippen LogP contribution in [0.4, 0.5) is 5.69 Å². The van der Waals surface area contributed by atoms with Crippen LogP contribution in [0.15, 0.2) is 66.7 Å². The SMILES string of the molecule is CCc1ccc(N2CC(c3nc4ccccc4n3CC(O)COc3c(C)cccc3C)CC2=O)cc1. The number of aromatic nitrogens is 2. The van der Waals surface area contributed by atoms with Gasteiger partial charge in [0.1, 0.15) is 24.3 Å². The molecule has 0 bridgehead atoms. The van der Waals surface area contributed by atoms with Gasteiger partial charge in [0.05, 0.1) is 17.6 Å². The molecule has 2 unspecified atom stereocenters. The van der Waals surface area contributed by atoms with Crippen molar-refractivity contribution < 1.29 is 14.6 Å². The lowest BCUT2D eigenvalue weighted by molar-refractivity contribution is -0.117. The second kappa shape index (κ2) is 10.2. The van der Waals surface area contributed by atoms with Crippen LogP contribution in [0.5, 0.6) is 5.75 Å². The molecule has 6 nitrogen and oxygen atoms in total. The molecule has 0 radical (unpaired) electrons. The van der Waals surface area contributed by atoms with Gasteiger partial charge in [-0.1, -0.05) is 49.4 Å². The molecule has 2 heterocycles. The standard InChI is InChI=1S/C30H33N3O3/c1-4-22-12-14-24(15-13-22)32-17-23(16-28(32)35)30-31-26-10-5-6-11-27(26)33(30)18-25(34)19-36-29-20(2)8-7-9-21(29)3/h5-15,23,25,34H,4,16-19H2,1-3H3. The van der Waals surface area contributed by atoms with Crippen LogP contribution in [0.25, 0.3) is 11.0 Å². The van der Waals surface area contributed by atoms with Gasteiger partial charge in [-0.2, -0.15) is 0 Å². The lowest BCUT2D eigenvalue weighted by atomic mass is 10.1. The summed E-state index contributed by atoms with van der Waals surface area (Å²) in [4.78, 5) is 19.8. The Bertz CT molecular complexity index is 1360. The van der Waals surface area contributed by atoms with Crippen LogP contribution in [-0.4, -0.2) is 39.8 Å². The van der Waals surface area contributed by atoms with E-state index < -0.39 is 6.10 Å². The molecule has 5 rings (SSSR count). The molecule has 1 N–H and O–H groups in total. The number of aliphatic hydroxyl groups excluding tert-OH is 1. The number of hydrogen-bond acceptors (Lipinski definition) is 4. The lowest BCUT2D eigenvalue weighted by Gasteiger charge is -2.20. The molecular formula is C30H33N3O3. The summed E-state index contributed by atoms with van der Waals surface area (Å²) >= 11 is 0. The number of imidazole rings is 1. The molecule has 36 heavy (non-hydrogen) atoms. The summed E-state index contributed by atoms with van der Waals surface area (Å²) in [5.74, 6) is 1.70. The molecule has 4 aromatic rings. The van der Waals surface area contributed by atoms with Gasteiger partial charge in [0.25, 0.3) is 0 Å². The molecule has 1 amide bonds. The second-order valence-electron chi connectivity index (χ2n) is 9.68. The summed E-state index contributed by atoms with van der Waals surface area (Å²) < 4.78 is 8.09. The topological polar surface area (TPSA) is 67.6 Å². The van der Waals surface area contributed by atoms with Gasteiger partial charge in [-0.25, -0.2) is 4.98 Å². The zero-order chi connectivity index (χ0) is 25.2. The number of aryl methyl sites for hydroxylation is 3. The van der Waals surface area contributed by atoms with E-state index in [1.54, 1.807) is 0 Å². The van der Waals surface area contributed by atoms with Crippen LogP contribution in [0.3, 0.4) is 0 Å². The van der Waals surface area contributed by atoms with E-state index in [4.69, 9.17) is 9.72 Å². The Morgan fingerprint density at radius 3 is 2.47 bits per heavy atom. The molecular weight excluding hydrogens is 450 g/mol. The van der Waals surface area contributed by atoms with Crippen LogP contribution in [0, 0.1) is 13.8 Å². The van der Waals surface area contributed by atoms with Crippen LogP contribution in [-0.2, 0) is 17.8 Å². The predicted octanol–water partition coefficient (Wildman–Crippen LogP) is 5.18. The maximum absolute atomic E-state index is 13.0. The number of hydrogen-bond donors (Lipinski definition) is 1. The van der Waals surface area contributed by atoms with Crippen molar-refractivity contribution in [1.82, 2.24) is 9.55 Å². The number of aliphatic hydroxyl groups is 1. The minimum atomic E-state index is -0.727. The first-order valence-corrected chi connectivity index (χ1v) is 12.7. The molecule has 0 saturated carbocycles. The van der Waals surface area contributed by atoms with Crippen molar-refractivity contribution in [2.75, 3.05) is 18.1 Å². The summed E-state index contributed by atoms with van der Waals surface area (Å²) in [5, 5.41) is 11.0. The van der Waals surface area contributed by atoms with Gasteiger partial charge < -0.3 is 19.3 Å². The number of anilines is 1. The van der Waals surface area contributed by atoms with E-state index >= 15 is 0 Å². The Morgan fingerprint density at radius 2 is 1.75 bits per heavy atom. The third-order valence-corrected chi connectivity index (χ3v) is 7.05. The van der Waals surface area contributed by atoms with Crippen LogP contribution in [0.1, 0.15) is 41.8 Å². The minimum Gasteiger partial charge on any atom is -0.490 e. The van der Waals surface area contributed by atoms with E-state index in [1.807, 2.05) is 73.3 Å². The monoisotopic (exact) mass is 483 g/mol. The van der Waals surface area contributed by atoms with E-state index in [1.165, 1.54) is 5.56 Å². The molecule has 1 saturated heterocycles. The Kier molecular flexibility index (Phi) is 6.79. The number of benzene rings is 3. The first-order valence-electron chi connectivity index (χ1n) is 12.7. The normalized spacial score (nSPS) is 16.6. The molecule has 3 aromatic carbocycles. The zero-order valence-corrected chi connectivity index (χ0v) is 21.1. The lowest BCUT2D eigenvalue weighted by Crippen LogP contribution is -2.26. The molecule has 1 aromatic heterocycles. The largest absolute Gasteiger partial charge is 0.490 e. The molecule has 0 spiro atoms. The van der Waals surface area contributed by atoms with Gasteiger partial charge in [0.2, 0.25) is 5.91 Å². The number of rotatable bonds is 8. The fourth-order valence-corrected chi connectivity index (χ4v) is 5.11. The number of ether oxygens (including phenoxy) is 1. The molecule has 1 fully saturated rings. The average molecular weight is 484 g/mol. The van der Waals surface area contributed by atoms with Gasteiger partial charge >= 0.3 is 0 Å². The third-order valence-electron chi connectivity index (χ3n) is 7.05. The third kappa shape index (κ3) is 4.73. The first-order chi connectivity index (χ1) is 17.4. The van der Waals surface area contributed by atoms with Crippen molar-refractivity contribution in [1.29, 1.82) is 0 Å². The number of nitrogens with zero attached hydrogens (tertiary/aromatic N) is 3. The maximum Gasteiger partial charge on any atom is 0.227 e. The Labute approximate surface area is 212 Å². The highest BCUT2D eigenvalue weighted by molar-refractivity contribution is 5.96. The quantitative estimate of drug-likeness (QED) is 0.375. The number of carbonyl (C=O) groups excluding carboxylic acids is 1. The summed E-state index contributed by atoms with van der Waals surface area (Å²) in [5.41, 5.74) is 6.09. The highest BCUT2D eigenvalue weighted by Crippen LogP contribution is 2.33. The van der Waals surface area contributed by atoms with Gasteiger partial charge in [-0.3, -0.25) is 4.79 Å². The Hall–Kier alpha value is -3.64. The smallest absolute Gasteiger partial charge is 0.227 e.